The first-order valence-corrected chi connectivity index (χ1v) is 12.3. The number of hydrogen-bond acceptors (Lipinski definition) is 5. The van der Waals surface area contributed by atoms with Crippen LogP contribution in [0.3, 0.4) is 0 Å². The van der Waals surface area contributed by atoms with Gasteiger partial charge in [0.25, 0.3) is 5.91 Å². The Morgan fingerprint density at radius 3 is 2.26 bits per heavy atom. The van der Waals surface area contributed by atoms with Gasteiger partial charge in [-0.2, -0.15) is 0 Å². The summed E-state index contributed by atoms with van der Waals surface area (Å²) in [5, 5.41) is 0. The average molecular weight is 540 g/mol. The Morgan fingerprint density at radius 2 is 1.64 bits per heavy atom. The number of hydrogen-bond donors (Lipinski definition) is 1. The lowest BCUT2D eigenvalue weighted by molar-refractivity contribution is -0.274. The van der Waals surface area contributed by atoms with Gasteiger partial charge in [-0.15, -0.1) is 13.2 Å². The molecular formula is C29H28F3N3O4. The average Bonchev–Trinajstić information content (AvgIpc) is 3.36. The van der Waals surface area contributed by atoms with Crippen LogP contribution in [-0.4, -0.2) is 48.8 Å². The third kappa shape index (κ3) is 8.34. The Bertz CT molecular complexity index is 1280. The number of nitrogens with two attached hydrogens (primary N) is 1. The van der Waals surface area contributed by atoms with Crippen LogP contribution in [0, 0.1) is 0 Å². The van der Waals surface area contributed by atoms with Gasteiger partial charge in [-0.25, -0.2) is 0 Å². The second-order valence-corrected chi connectivity index (χ2v) is 9.03. The maximum atomic E-state index is 13.2. The van der Waals surface area contributed by atoms with Crippen LogP contribution in [0.15, 0.2) is 84.9 Å². The minimum atomic E-state index is -4.75. The van der Waals surface area contributed by atoms with E-state index in [2.05, 4.69) is 4.74 Å². The second-order valence-electron chi connectivity index (χ2n) is 9.03. The molecule has 2 amide bonds. The smallest absolute Gasteiger partial charge is 0.489 e. The van der Waals surface area contributed by atoms with Gasteiger partial charge in [-0.3, -0.25) is 14.5 Å². The van der Waals surface area contributed by atoms with Crippen LogP contribution in [-0.2, 0) is 16.2 Å². The molecule has 39 heavy (non-hydrogen) atoms. The normalized spacial score (nSPS) is 15.4. The fourth-order valence-corrected chi connectivity index (χ4v) is 4.04. The molecule has 0 bridgehead atoms. The summed E-state index contributed by atoms with van der Waals surface area (Å²) in [7, 11) is 0. The van der Waals surface area contributed by atoms with Crippen LogP contribution in [0.2, 0.25) is 0 Å². The molecule has 1 fully saturated rings. The molecule has 1 aliphatic rings. The molecule has 7 nitrogen and oxygen atoms in total. The van der Waals surface area contributed by atoms with Gasteiger partial charge in [0.15, 0.2) is 0 Å². The summed E-state index contributed by atoms with van der Waals surface area (Å²) in [6.45, 7) is 0.980. The topological polar surface area (TPSA) is 85.1 Å². The third-order valence-corrected chi connectivity index (χ3v) is 6.07. The standard InChI is InChI=1S/C29H28F3N3O4/c30-29(31,32)39-26-11-6-22(7-12-26)20-38-25-13-9-24(10-14-25)35(19-28(37)34-17-16-23(33)18-34)27(36)15-8-21-4-2-1-3-5-21/h1-15,23H,16-20,33H2/b15-8+. The molecule has 0 spiro atoms. The number of ether oxygens (including phenoxy) is 2. The molecular weight excluding hydrogens is 511 g/mol. The quantitative estimate of drug-likeness (QED) is 0.396. The summed E-state index contributed by atoms with van der Waals surface area (Å²) in [6.07, 6.45) is -0.918. The van der Waals surface area contributed by atoms with Gasteiger partial charge in [-0.1, -0.05) is 42.5 Å². The van der Waals surface area contributed by atoms with Crippen molar-refractivity contribution in [1.82, 2.24) is 4.90 Å². The van der Waals surface area contributed by atoms with Crippen molar-refractivity contribution >= 4 is 23.6 Å². The van der Waals surface area contributed by atoms with Crippen LogP contribution in [0.4, 0.5) is 18.9 Å². The number of benzene rings is 3. The lowest BCUT2D eigenvalue weighted by Gasteiger charge is -2.24. The highest BCUT2D eigenvalue weighted by Crippen LogP contribution is 2.24. The Hall–Kier alpha value is -4.31. The van der Waals surface area contributed by atoms with E-state index in [9.17, 15) is 22.8 Å². The number of halogens is 3. The summed E-state index contributed by atoms with van der Waals surface area (Å²) in [5.41, 5.74) is 7.95. The zero-order valence-corrected chi connectivity index (χ0v) is 21.0. The van der Waals surface area contributed by atoms with Gasteiger partial charge in [0.05, 0.1) is 0 Å². The highest BCUT2D eigenvalue weighted by atomic mass is 19.4. The largest absolute Gasteiger partial charge is 0.573 e. The lowest BCUT2D eigenvalue weighted by Crippen LogP contribution is -2.42. The molecule has 204 valence electrons. The molecule has 1 unspecified atom stereocenters. The zero-order valence-electron chi connectivity index (χ0n) is 21.0. The Morgan fingerprint density at radius 1 is 0.974 bits per heavy atom. The maximum absolute atomic E-state index is 13.2. The fourth-order valence-electron chi connectivity index (χ4n) is 4.04. The maximum Gasteiger partial charge on any atom is 0.573 e. The molecule has 2 N–H and O–H groups in total. The van der Waals surface area contributed by atoms with Crippen molar-refractivity contribution in [3.8, 4) is 11.5 Å². The summed E-state index contributed by atoms with van der Waals surface area (Å²) in [5.74, 6) is -0.376. The van der Waals surface area contributed by atoms with Crippen LogP contribution in [0.25, 0.3) is 6.08 Å². The highest BCUT2D eigenvalue weighted by molar-refractivity contribution is 6.06. The first-order valence-electron chi connectivity index (χ1n) is 12.3. The summed E-state index contributed by atoms with van der Waals surface area (Å²) >= 11 is 0. The zero-order chi connectivity index (χ0) is 27.8. The van der Waals surface area contributed by atoms with Gasteiger partial charge in [-0.05, 0) is 60.0 Å². The molecule has 10 heteroatoms. The Kier molecular flexibility index (Phi) is 8.88. The number of alkyl halides is 3. The monoisotopic (exact) mass is 539 g/mol. The SMILES string of the molecule is NC1CCN(C(=O)CN(C(=O)/C=C/c2ccccc2)c2ccc(OCc3ccc(OC(F)(F)F)cc3)cc2)C1. The molecule has 0 aromatic heterocycles. The third-order valence-electron chi connectivity index (χ3n) is 6.07. The van der Waals surface area contributed by atoms with Crippen LogP contribution < -0.4 is 20.1 Å². The van der Waals surface area contributed by atoms with Crippen molar-refractivity contribution in [1.29, 1.82) is 0 Å². The Labute approximate surface area is 224 Å². The van der Waals surface area contributed by atoms with E-state index < -0.39 is 6.36 Å². The predicted molar refractivity (Wildman–Crippen MR) is 141 cm³/mol. The molecule has 1 heterocycles. The molecule has 1 atom stereocenters. The van der Waals surface area contributed by atoms with E-state index in [1.807, 2.05) is 30.3 Å². The van der Waals surface area contributed by atoms with E-state index in [1.165, 1.54) is 35.2 Å². The first kappa shape index (κ1) is 27.7. The Balaban J connectivity index is 1.43. The van der Waals surface area contributed by atoms with E-state index in [0.717, 1.165) is 12.0 Å². The second kappa shape index (κ2) is 12.5. The number of carbonyl (C=O) groups is 2. The van der Waals surface area contributed by atoms with Gasteiger partial charge < -0.3 is 20.1 Å². The van der Waals surface area contributed by atoms with Gasteiger partial charge in [0.1, 0.15) is 24.7 Å². The van der Waals surface area contributed by atoms with Crippen molar-refractivity contribution in [3.63, 3.8) is 0 Å². The molecule has 0 aliphatic carbocycles. The van der Waals surface area contributed by atoms with Crippen molar-refractivity contribution in [2.45, 2.75) is 25.4 Å². The van der Waals surface area contributed by atoms with Crippen molar-refractivity contribution in [3.05, 3.63) is 96.1 Å². The van der Waals surface area contributed by atoms with E-state index in [0.29, 0.717) is 30.1 Å². The number of anilines is 1. The van der Waals surface area contributed by atoms with E-state index >= 15 is 0 Å². The molecule has 0 saturated carbocycles. The predicted octanol–water partition coefficient (Wildman–Crippen LogP) is 4.77. The van der Waals surface area contributed by atoms with Gasteiger partial charge in [0, 0.05) is 30.9 Å². The van der Waals surface area contributed by atoms with Crippen LogP contribution >= 0.6 is 0 Å². The number of carbonyl (C=O) groups excluding carboxylic acids is 2. The summed E-state index contributed by atoms with van der Waals surface area (Å²) in [4.78, 5) is 29.2. The van der Waals surface area contributed by atoms with Crippen LogP contribution in [0.1, 0.15) is 17.5 Å². The molecule has 0 radical (unpaired) electrons. The minimum absolute atomic E-state index is 0.0686. The minimum Gasteiger partial charge on any atom is -0.489 e. The lowest BCUT2D eigenvalue weighted by atomic mass is 10.2. The molecule has 1 saturated heterocycles. The van der Waals surface area contributed by atoms with E-state index in [1.54, 1.807) is 35.2 Å². The number of nitrogens with zero attached hydrogens (tertiary/aromatic N) is 2. The number of rotatable bonds is 9. The van der Waals surface area contributed by atoms with Crippen LogP contribution in [0.5, 0.6) is 11.5 Å². The summed E-state index contributed by atoms with van der Waals surface area (Å²) in [6, 6.07) is 21.3. The molecule has 3 aromatic rings. The fraction of sp³-hybridized carbons (Fsp3) is 0.241. The number of amides is 2. The van der Waals surface area contributed by atoms with Crippen molar-refractivity contribution in [2.75, 3.05) is 24.5 Å². The van der Waals surface area contributed by atoms with Crippen molar-refractivity contribution in [2.24, 2.45) is 5.73 Å². The van der Waals surface area contributed by atoms with Gasteiger partial charge >= 0.3 is 6.36 Å². The summed E-state index contributed by atoms with van der Waals surface area (Å²) < 4.78 is 46.6. The van der Waals surface area contributed by atoms with Gasteiger partial charge in [0.2, 0.25) is 5.91 Å². The highest BCUT2D eigenvalue weighted by Gasteiger charge is 2.31. The van der Waals surface area contributed by atoms with E-state index in [-0.39, 0.29) is 36.8 Å². The number of likely N-dealkylation sites (tertiary alicyclic amines) is 1. The van der Waals surface area contributed by atoms with E-state index in [4.69, 9.17) is 10.5 Å². The molecule has 4 rings (SSSR count). The first-order chi connectivity index (χ1) is 18.7. The molecule has 1 aliphatic heterocycles. The molecule has 3 aromatic carbocycles. The van der Waals surface area contributed by atoms with Crippen molar-refractivity contribution < 1.29 is 32.2 Å².